The maximum absolute atomic E-state index is 11.5. The molecule has 5 heteroatoms. The second kappa shape index (κ2) is 8.96. The highest BCUT2D eigenvalue weighted by molar-refractivity contribution is 5.83. The fourth-order valence-corrected chi connectivity index (χ4v) is 1.73. The molecule has 0 radical (unpaired) electrons. The SMILES string of the molecule is CCCCCCC(=O)NN=Cc1ccc(OC)c(O)c1. The molecule has 0 bridgehead atoms. The predicted molar refractivity (Wildman–Crippen MR) is 79.2 cm³/mol. The van der Waals surface area contributed by atoms with E-state index in [-0.39, 0.29) is 11.7 Å². The summed E-state index contributed by atoms with van der Waals surface area (Å²) in [5.41, 5.74) is 3.16. The maximum atomic E-state index is 11.5. The van der Waals surface area contributed by atoms with E-state index in [0.717, 1.165) is 25.7 Å². The number of nitrogens with zero attached hydrogens (tertiary/aromatic N) is 1. The molecule has 1 rings (SSSR count). The Morgan fingerprint density at radius 3 is 2.85 bits per heavy atom. The van der Waals surface area contributed by atoms with Crippen LogP contribution in [0.15, 0.2) is 23.3 Å². The quantitative estimate of drug-likeness (QED) is 0.436. The number of benzene rings is 1. The molecule has 0 aliphatic rings. The van der Waals surface area contributed by atoms with Crippen molar-refractivity contribution >= 4 is 12.1 Å². The number of phenols is 1. The van der Waals surface area contributed by atoms with Gasteiger partial charge in [0.15, 0.2) is 11.5 Å². The van der Waals surface area contributed by atoms with Gasteiger partial charge in [0, 0.05) is 6.42 Å². The van der Waals surface area contributed by atoms with Gasteiger partial charge < -0.3 is 9.84 Å². The van der Waals surface area contributed by atoms with E-state index in [1.165, 1.54) is 19.4 Å². The lowest BCUT2D eigenvalue weighted by Gasteiger charge is -2.03. The van der Waals surface area contributed by atoms with Gasteiger partial charge in [-0.25, -0.2) is 5.43 Å². The molecule has 20 heavy (non-hydrogen) atoms. The minimum Gasteiger partial charge on any atom is -0.504 e. The number of rotatable bonds is 8. The minimum absolute atomic E-state index is 0.0438. The largest absolute Gasteiger partial charge is 0.504 e. The Balaban J connectivity index is 2.37. The second-order valence-corrected chi connectivity index (χ2v) is 4.54. The van der Waals surface area contributed by atoms with Crippen molar-refractivity contribution in [1.82, 2.24) is 5.43 Å². The molecule has 0 unspecified atom stereocenters. The third-order valence-electron chi connectivity index (χ3n) is 2.86. The van der Waals surface area contributed by atoms with Gasteiger partial charge in [0.2, 0.25) is 5.91 Å². The van der Waals surface area contributed by atoms with Crippen LogP contribution in [0.1, 0.15) is 44.6 Å². The summed E-state index contributed by atoms with van der Waals surface area (Å²) in [6.07, 6.45) is 6.25. The van der Waals surface area contributed by atoms with Crippen molar-refractivity contribution in [2.24, 2.45) is 5.10 Å². The van der Waals surface area contributed by atoms with E-state index in [1.54, 1.807) is 12.1 Å². The van der Waals surface area contributed by atoms with E-state index in [0.29, 0.717) is 17.7 Å². The van der Waals surface area contributed by atoms with Crippen molar-refractivity contribution in [2.45, 2.75) is 39.0 Å². The van der Waals surface area contributed by atoms with Crippen molar-refractivity contribution in [3.8, 4) is 11.5 Å². The van der Waals surface area contributed by atoms with Gasteiger partial charge >= 0.3 is 0 Å². The molecular weight excluding hydrogens is 256 g/mol. The molecule has 1 aromatic carbocycles. The molecule has 0 aromatic heterocycles. The molecule has 0 fully saturated rings. The Morgan fingerprint density at radius 1 is 1.40 bits per heavy atom. The summed E-state index contributed by atoms with van der Waals surface area (Å²) in [5, 5.41) is 13.5. The van der Waals surface area contributed by atoms with Crippen LogP contribution in [0.4, 0.5) is 0 Å². The zero-order valence-electron chi connectivity index (χ0n) is 12.1. The second-order valence-electron chi connectivity index (χ2n) is 4.54. The Kier molecular flexibility index (Phi) is 7.17. The number of hydrogen-bond donors (Lipinski definition) is 2. The number of ether oxygens (including phenoxy) is 1. The van der Waals surface area contributed by atoms with Crippen molar-refractivity contribution in [2.75, 3.05) is 7.11 Å². The first-order chi connectivity index (χ1) is 9.67. The first-order valence-electron chi connectivity index (χ1n) is 6.86. The molecule has 5 nitrogen and oxygen atoms in total. The van der Waals surface area contributed by atoms with Crippen LogP contribution in [-0.4, -0.2) is 24.3 Å². The number of methoxy groups -OCH3 is 1. The van der Waals surface area contributed by atoms with Crippen molar-refractivity contribution in [3.63, 3.8) is 0 Å². The molecule has 2 N–H and O–H groups in total. The van der Waals surface area contributed by atoms with Crippen LogP contribution in [0, 0.1) is 0 Å². The summed E-state index contributed by atoms with van der Waals surface area (Å²) in [6.45, 7) is 2.13. The van der Waals surface area contributed by atoms with Crippen LogP contribution in [0.3, 0.4) is 0 Å². The first-order valence-corrected chi connectivity index (χ1v) is 6.86. The average molecular weight is 278 g/mol. The Labute approximate surface area is 119 Å². The highest BCUT2D eigenvalue weighted by atomic mass is 16.5. The van der Waals surface area contributed by atoms with Gasteiger partial charge in [0.05, 0.1) is 13.3 Å². The van der Waals surface area contributed by atoms with Gasteiger partial charge in [-0.3, -0.25) is 4.79 Å². The number of hydrogen-bond acceptors (Lipinski definition) is 4. The normalized spacial score (nSPS) is 10.7. The van der Waals surface area contributed by atoms with Gasteiger partial charge in [-0.15, -0.1) is 0 Å². The van der Waals surface area contributed by atoms with Crippen LogP contribution in [0.25, 0.3) is 0 Å². The van der Waals surface area contributed by atoms with E-state index < -0.39 is 0 Å². The molecule has 1 amide bonds. The summed E-state index contributed by atoms with van der Waals surface area (Å²) in [6, 6.07) is 4.91. The van der Waals surface area contributed by atoms with Gasteiger partial charge in [0.1, 0.15) is 0 Å². The molecule has 0 heterocycles. The van der Waals surface area contributed by atoms with Crippen LogP contribution in [0.5, 0.6) is 11.5 Å². The molecule has 110 valence electrons. The van der Waals surface area contributed by atoms with Gasteiger partial charge in [-0.1, -0.05) is 26.2 Å². The van der Waals surface area contributed by atoms with Gasteiger partial charge in [0.25, 0.3) is 0 Å². The number of unbranched alkanes of at least 4 members (excludes halogenated alkanes) is 3. The standard InChI is InChI=1S/C15H22N2O3/c1-3-4-5-6-7-15(19)17-16-11-12-8-9-14(20-2)13(18)10-12/h8-11,18H,3-7H2,1-2H3,(H,17,19). The highest BCUT2D eigenvalue weighted by Gasteiger charge is 2.01. The molecule has 0 atom stereocenters. The predicted octanol–water partition coefficient (Wildman–Crippen LogP) is 2.82. The van der Waals surface area contributed by atoms with Crippen molar-refractivity contribution in [3.05, 3.63) is 23.8 Å². The van der Waals surface area contributed by atoms with Gasteiger partial charge in [-0.05, 0) is 30.2 Å². The number of carbonyl (C=O) groups is 1. The third-order valence-corrected chi connectivity index (χ3v) is 2.86. The number of phenolic OH excluding ortho intramolecular Hbond substituents is 1. The summed E-state index contributed by atoms with van der Waals surface area (Å²) < 4.78 is 4.94. The highest BCUT2D eigenvalue weighted by Crippen LogP contribution is 2.25. The van der Waals surface area contributed by atoms with E-state index in [9.17, 15) is 9.90 Å². The number of carbonyl (C=O) groups excluding carboxylic acids is 1. The van der Waals surface area contributed by atoms with E-state index >= 15 is 0 Å². The fraction of sp³-hybridized carbons (Fsp3) is 0.467. The summed E-state index contributed by atoms with van der Waals surface area (Å²) in [4.78, 5) is 11.5. The molecule has 0 spiro atoms. The zero-order valence-corrected chi connectivity index (χ0v) is 12.1. The number of aromatic hydroxyl groups is 1. The van der Waals surface area contributed by atoms with Crippen molar-refractivity contribution in [1.29, 1.82) is 0 Å². The number of nitrogens with one attached hydrogen (secondary N) is 1. The van der Waals surface area contributed by atoms with Crippen LogP contribution in [0.2, 0.25) is 0 Å². The zero-order chi connectivity index (χ0) is 14.8. The minimum atomic E-state index is -0.0879. The lowest BCUT2D eigenvalue weighted by Crippen LogP contribution is -2.16. The fourth-order valence-electron chi connectivity index (χ4n) is 1.73. The van der Waals surface area contributed by atoms with E-state index in [1.807, 2.05) is 0 Å². The van der Waals surface area contributed by atoms with Crippen LogP contribution in [-0.2, 0) is 4.79 Å². The Hall–Kier alpha value is -2.04. The molecular formula is C15H22N2O3. The number of hydrazone groups is 1. The maximum Gasteiger partial charge on any atom is 0.240 e. The van der Waals surface area contributed by atoms with Crippen molar-refractivity contribution < 1.29 is 14.6 Å². The Bertz CT molecular complexity index is 458. The first kappa shape index (κ1) is 16.0. The summed E-state index contributed by atoms with van der Waals surface area (Å²) >= 11 is 0. The number of amides is 1. The van der Waals surface area contributed by atoms with Crippen LogP contribution < -0.4 is 10.2 Å². The van der Waals surface area contributed by atoms with E-state index in [4.69, 9.17) is 4.74 Å². The monoisotopic (exact) mass is 278 g/mol. The summed E-state index contributed by atoms with van der Waals surface area (Å²) in [5.74, 6) is 0.361. The lowest BCUT2D eigenvalue weighted by atomic mass is 10.1. The summed E-state index contributed by atoms with van der Waals surface area (Å²) in [7, 11) is 1.49. The lowest BCUT2D eigenvalue weighted by molar-refractivity contribution is -0.121. The Morgan fingerprint density at radius 2 is 2.20 bits per heavy atom. The molecule has 0 saturated heterocycles. The van der Waals surface area contributed by atoms with Crippen LogP contribution >= 0.6 is 0 Å². The van der Waals surface area contributed by atoms with E-state index in [2.05, 4.69) is 17.5 Å². The molecule has 0 aliphatic carbocycles. The smallest absolute Gasteiger partial charge is 0.240 e. The van der Waals surface area contributed by atoms with Gasteiger partial charge in [-0.2, -0.15) is 5.10 Å². The topological polar surface area (TPSA) is 70.9 Å². The molecule has 0 saturated carbocycles. The molecule has 1 aromatic rings. The third kappa shape index (κ3) is 5.73. The average Bonchev–Trinajstić information content (AvgIpc) is 2.44. The molecule has 0 aliphatic heterocycles.